The molecule has 96 valence electrons. The fourth-order valence-electron chi connectivity index (χ4n) is 1.45. The zero-order chi connectivity index (χ0) is 13.0. The van der Waals surface area contributed by atoms with Crippen molar-refractivity contribution in [2.45, 2.75) is 5.88 Å². The number of aromatic nitrogens is 1. The quantitative estimate of drug-likeness (QED) is 0.851. The molecule has 0 atom stereocenters. The molecule has 2 rings (SSSR count). The number of halogens is 1. The van der Waals surface area contributed by atoms with Gasteiger partial charge in [0.05, 0.1) is 31.5 Å². The van der Waals surface area contributed by atoms with Crippen LogP contribution in [-0.2, 0) is 5.88 Å². The monoisotopic (exact) mass is 284 g/mol. The fraction of sp³-hybridized carbons (Fsp3) is 0.250. The van der Waals surface area contributed by atoms with E-state index >= 15 is 0 Å². The maximum atomic E-state index is 5.72. The Morgan fingerprint density at radius 3 is 2.78 bits per heavy atom. The van der Waals surface area contributed by atoms with E-state index in [1.54, 1.807) is 14.2 Å². The fourth-order valence-corrected chi connectivity index (χ4v) is 2.40. The average Bonchev–Trinajstić information content (AvgIpc) is 2.86. The predicted octanol–water partition coefficient (Wildman–Crippen LogP) is 3.64. The van der Waals surface area contributed by atoms with Gasteiger partial charge in [0.25, 0.3) is 0 Å². The van der Waals surface area contributed by atoms with Crippen molar-refractivity contribution in [3.8, 4) is 11.5 Å². The highest BCUT2D eigenvalue weighted by molar-refractivity contribution is 7.13. The van der Waals surface area contributed by atoms with Crippen molar-refractivity contribution >= 4 is 33.8 Å². The van der Waals surface area contributed by atoms with E-state index in [9.17, 15) is 0 Å². The minimum absolute atomic E-state index is 0.410. The van der Waals surface area contributed by atoms with Crippen LogP contribution >= 0.6 is 22.9 Å². The summed E-state index contributed by atoms with van der Waals surface area (Å²) in [5, 5.41) is 5.89. The summed E-state index contributed by atoms with van der Waals surface area (Å²) < 4.78 is 10.5. The van der Waals surface area contributed by atoms with Crippen LogP contribution in [0.5, 0.6) is 11.5 Å². The van der Waals surface area contributed by atoms with E-state index in [1.807, 2.05) is 23.6 Å². The summed E-state index contributed by atoms with van der Waals surface area (Å²) in [6.45, 7) is 0. The highest BCUT2D eigenvalue weighted by Gasteiger charge is 2.07. The zero-order valence-corrected chi connectivity index (χ0v) is 11.6. The number of rotatable bonds is 5. The molecule has 0 saturated carbocycles. The van der Waals surface area contributed by atoms with Gasteiger partial charge in [-0.25, -0.2) is 4.98 Å². The second kappa shape index (κ2) is 5.93. The first-order chi connectivity index (χ1) is 8.76. The molecule has 18 heavy (non-hydrogen) atoms. The number of nitrogens with zero attached hydrogens (tertiary/aromatic N) is 1. The second-order valence-electron chi connectivity index (χ2n) is 3.47. The minimum Gasteiger partial charge on any atom is -0.497 e. The number of thiazole rings is 1. The Balaban J connectivity index is 2.25. The number of alkyl halides is 1. The lowest BCUT2D eigenvalue weighted by Crippen LogP contribution is -1.95. The Morgan fingerprint density at radius 2 is 2.17 bits per heavy atom. The molecule has 0 bridgehead atoms. The van der Waals surface area contributed by atoms with Crippen LogP contribution in [0.3, 0.4) is 0 Å². The van der Waals surface area contributed by atoms with Gasteiger partial charge in [0.1, 0.15) is 11.5 Å². The Bertz CT molecular complexity index is 531. The first-order valence-corrected chi connectivity index (χ1v) is 6.67. The van der Waals surface area contributed by atoms with Gasteiger partial charge in [0.15, 0.2) is 5.13 Å². The maximum Gasteiger partial charge on any atom is 0.187 e. The molecule has 0 fully saturated rings. The summed E-state index contributed by atoms with van der Waals surface area (Å²) in [6, 6.07) is 5.55. The summed E-state index contributed by atoms with van der Waals surface area (Å²) in [4.78, 5) is 4.33. The van der Waals surface area contributed by atoms with E-state index in [2.05, 4.69) is 10.3 Å². The van der Waals surface area contributed by atoms with Crippen molar-refractivity contribution in [3.63, 3.8) is 0 Å². The van der Waals surface area contributed by atoms with Gasteiger partial charge in [-0.2, -0.15) is 0 Å². The van der Waals surface area contributed by atoms with E-state index in [-0.39, 0.29) is 0 Å². The highest BCUT2D eigenvalue weighted by atomic mass is 35.5. The zero-order valence-electron chi connectivity index (χ0n) is 10.1. The molecule has 1 N–H and O–H groups in total. The lowest BCUT2D eigenvalue weighted by Gasteiger charge is -2.10. The second-order valence-corrected chi connectivity index (χ2v) is 4.59. The first-order valence-electron chi connectivity index (χ1n) is 5.26. The molecule has 1 aromatic carbocycles. The van der Waals surface area contributed by atoms with Gasteiger partial charge in [0.2, 0.25) is 0 Å². The van der Waals surface area contributed by atoms with Crippen molar-refractivity contribution in [1.29, 1.82) is 0 Å². The van der Waals surface area contributed by atoms with Crippen molar-refractivity contribution in [3.05, 3.63) is 29.3 Å². The Labute approximate surface area is 115 Å². The largest absolute Gasteiger partial charge is 0.497 e. The topological polar surface area (TPSA) is 43.4 Å². The van der Waals surface area contributed by atoms with Crippen molar-refractivity contribution in [1.82, 2.24) is 4.98 Å². The number of anilines is 2. The predicted molar refractivity (Wildman–Crippen MR) is 74.5 cm³/mol. The molecule has 0 spiro atoms. The number of methoxy groups -OCH3 is 2. The number of ether oxygens (including phenoxy) is 2. The standard InChI is InChI=1S/C12H13ClN2O2S/c1-16-9-3-4-11(17-2)10(5-9)15-12-14-8(6-13)7-18-12/h3-5,7H,6H2,1-2H3,(H,14,15). The first kappa shape index (κ1) is 13.0. The van der Waals surface area contributed by atoms with Crippen LogP contribution in [0.25, 0.3) is 0 Å². The Kier molecular flexibility index (Phi) is 4.28. The molecule has 2 aromatic rings. The minimum atomic E-state index is 0.410. The highest BCUT2D eigenvalue weighted by Crippen LogP contribution is 2.32. The summed E-state index contributed by atoms with van der Waals surface area (Å²) in [6.07, 6.45) is 0. The molecule has 0 unspecified atom stereocenters. The third-order valence-corrected chi connectivity index (χ3v) is 3.42. The van der Waals surface area contributed by atoms with Crippen LogP contribution < -0.4 is 14.8 Å². The van der Waals surface area contributed by atoms with Gasteiger partial charge in [-0.3, -0.25) is 0 Å². The number of nitrogens with one attached hydrogen (secondary N) is 1. The molecule has 0 amide bonds. The van der Waals surface area contributed by atoms with E-state index in [4.69, 9.17) is 21.1 Å². The van der Waals surface area contributed by atoms with E-state index < -0.39 is 0 Å². The van der Waals surface area contributed by atoms with Gasteiger partial charge < -0.3 is 14.8 Å². The van der Waals surface area contributed by atoms with Crippen molar-refractivity contribution < 1.29 is 9.47 Å². The van der Waals surface area contributed by atoms with E-state index in [0.717, 1.165) is 28.0 Å². The molecule has 0 aliphatic carbocycles. The number of hydrogen-bond acceptors (Lipinski definition) is 5. The lowest BCUT2D eigenvalue weighted by molar-refractivity contribution is 0.405. The molecule has 6 heteroatoms. The normalized spacial score (nSPS) is 10.2. The van der Waals surface area contributed by atoms with Gasteiger partial charge >= 0.3 is 0 Å². The molecule has 4 nitrogen and oxygen atoms in total. The lowest BCUT2D eigenvalue weighted by atomic mass is 10.2. The summed E-state index contributed by atoms with van der Waals surface area (Å²) in [5.74, 6) is 1.90. The van der Waals surface area contributed by atoms with Crippen LogP contribution in [-0.4, -0.2) is 19.2 Å². The van der Waals surface area contributed by atoms with Crippen LogP contribution in [0.2, 0.25) is 0 Å². The molecule has 0 aliphatic heterocycles. The third-order valence-electron chi connectivity index (χ3n) is 2.34. The summed E-state index contributed by atoms with van der Waals surface area (Å²) >= 11 is 7.22. The van der Waals surface area contributed by atoms with Crippen LogP contribution in [0, 0.1) is 0 Å². The van der Waals surface area contributed by atoms with Crippen LogP contribution in [0.15, 0.2) is 23.6 Å². The van der Waals surface area contributed by atoms with E-state index in [0.29, 0.717) is 5.88 Å². The maximum absolute atomic E-state index is 5.72. The molecule has 1 aromatic heterocycles. The van der Waals surface area contributed by atoms with Gasteiger partial charge in [-0.15, -0.1) is 22.9 Å². The molecule has 0 saturated heterocycles. The van der Waals surface area contributed by atoms with Crippen molar-refractivity contribution in [2.24, 2.45) is 0 Å². The summed E-state index contributed by atoms with van der Waals surface area (Å²) in [5.41, 5.74) is 1.67. The molecule has 0 aliphatic rings. The van der Waals surface area contributed by atoms with Gasteiger partial charge in [0, 0.05) is 11.4 Å². The molecule has 1 heterocycles. The summed E-state index contributed by atoms with van der Waals surface area (Å²) in [7, 11) is 3.25. The molecular weight excluding hydrogens is 272 g/mol. The van der Waals surface area contributed by atoms with Crippen LogP contribution in [0.1, 0.15) is 5.69 Å². The molecular formula is C12H13ClN2O2S. The average molecular weight is 285 g/mol. The SMILES string of the molecule is COc1ccc(OC)c(Nc2nc(CCl)cs2)c1. The third kappa shape index (κ3) is 2.86. The van der Waals surface area contributed by atoms with Gasteiger partial charge in [-0.1, -0.05) is 0 Å². The van der Waals surface area contributed by atoms with Crippen LogP contribution in [0.4, 0.5) is 10.8 Å². The van der Waals surface area contributed by atoms with Crippen molar-refractivity contribution in [2.75, 3.05) is 19.5 Å². The van der Waals surface area contributed by atoms with E-state index in [1.165, 1.54) is 11.3 Å². The Morgan fingerprint density at radius 1 is 1.33 bits per heavy atom. The number of benzene rings is 1. The Hall–Kier alpha value is -1.46. The van der Waals surface area contributed by atoms with Gasteiger partial charge in [-0.05, 0) is 12.1 Å². The number of hydrogen-bond donors (Lipinski definition) is 1. The smallest absolute Gasteiger partial charge is 0.187 e. The molecule has 0 radical (unpaired) electrons.